The minimum Gasteiger partial charge on any atom is -0.301 e. The van der Waals surface area contributed by atoms with Gasteiger partial charge in [-0.2, -0.15) is 0 Å². The van der Waals surface area contributed by atoms with Gasteiger partial charge in [0.2, 0.25) is 10.0 Å². The average Bonchev–Trinajstić information content (AvgIpc) is 2.67. The van der Waals surface area contributed by atoms with Crippen molar-refractivity contribution in [3.63, 3.8) is 0 Å². The lowest BCUT2D eigenvalue weighted by Crippen LogP contribution is -2.31. The van der Waals surface area contributed by atoms with Gasteiger partial charge in [-0.05, 0) is 54.4 Å². The highest BCUT2D eigenvalue weighted by molar-refractivity contribution is 7.89. The van der Waals surface area contributed by atoms with Gasteiger partial charge in [-0.15, -0.1) is 9.42 Å². The number of rotatable bonds is 8. The summed E-state index contributed by atoms with van der Waals surface area (Å²) in [5.74, 6) is -0.0700. The van der Waals surface area contributed by atoms with Gasteiger partial charge in [0.1, 0.15) is 6.61 Å². The number of halogens is 2. The van der Waals surface area contributed by atoms with Crippen LogP contribution in [-0.4, -0.2) is 45.0 Å². The van der Waals surface area contributed by atoms with E-state index in [0.717, 1.165) is 16.7 Å². The maximum atomic E-state index is 12.7. The van der Waals surface area contributed by atoms with Gasteiger partial charge in [0.05, 0.1) is 4.90 Å². The molecule has 0 spiro atoms. The molecule has 1 heterocycles. The highest BCUT2D eigenvalue weighted by atomic mass is 35.5. The molecule has 0 fully saturated rings. The van der Waals surface area contributed by atoms with Gasteiger partial charge in [0.15, 0.2) is 0 Å². The topological polar surface area (TPSA) is 95.9 Å². The summed E-state index contributed by atoms with van der Waals surface area (Å²) >= 11 is 12.6. The first kappa shape index (κ1) is 23.6. The van der Waals surface area contributed by atoms with Crippen LogP contribution in [0, 0.1) is 0 Å². The molecule has 1 aliphatic heterocycles. The van der Waals surface area contributed by atoms with E-state index in [0.29, 0.717) is 23.1 Å². The number of nitrogens with zero attached hydrogens (tertiary/aromatic N) is 1. The van der Waals surface area contributed by atoms with E-state index in [1.807, 2.05) is 19.2 Å². The lowest BCUT2D eigenvalue weighted by atomic mass is 9.85. The second kappa shape index (κ2) is 10.0. The molecule has 0 radical (unpaired) electrons. The highest BCUT2D eigenvalue weighted by Crippen LogP contribution is 2.38. The summed E-state index contributed by atoms with van der Waals surface area (Å²) < 4.78 is 42.8. The van der Waals surface area contributed by atoms with Crippen LogP contribution in [0.25, 0.3) is 0 Å². The number of sulfonamides is 1. The Balaban J connectivity index is 1.83. The standard InChI is InChI=1S/C19H21Cl2N2O5PS/c1-23-11-17(16-9-14(20)10-19(21)18(16)12-23)13-4-2-5-15(8-13)30(26,27)22-6-3-7-28-29(24)25/h2,4-5,8-10,17,22H,3,6-7,11-12H2,1H3/p+1. The van der Waals surface area contributed by atoms with E-state index in [9.17, 15) is 13.0 Å². The maximum Gasteiger partial charge on any atom is 0.694 e. The third kappa shape index (κ3) is 5.78. The van der Waals surface area contributed by atoms with Crippen molar-refractivity contribution in [3.8, 4) is 0 Å². The van der Waals surface area contributed by atoms with Gasteiger partial charge in [-0.25, -0.2) is 13.1 Å². The van der Waals surface area contributed by atoms with Crippen molar-refractivity contribution in [2.75, 3.05) is 26.7 Å². The number of likely N-dealkylation sites (N-methyl/N-ethyl adjacent to an activating group) is 1. The highest BCUT2D eigenvalue weighted by Gasteiger charge is 2.28. The van der Waals surface area contributed by atoms with Crippen LogP contribution in [-0.2, 0) is 25.7 Å². The summed E-state index contributed by atoms with van der Waals surface area (Å²) in [5.41, 5.74) is 2.85. The normalized spacial score (nSPS) is 17.6. The van der Waals surface area contributed by atoms with E-state index in [-0.39, 0.29) is 30.4 Å². The monoisotopic (exact) mass is 491 g/mol. The maximum absolute atomic E-state index is 12.7. The van der Waals surface area contributed by atoms with Crippen molar-refractivity contribution < 1.29 is 22.4 Å². The molecular formula is C19H22Cl2N2O5PS+. The van der Waals surface area contributed by atoms with Crippen LogP contribution < -0.4 is 4.72 Å². The number of hydrogen-bond donors (Lipinski definition) is 2. The molecule has 0 aliphatic carbocycles. The van der Waals surface area contributed by atoms with Crippen molar-refractivity contribution in [3.05, 3.63) is 63.1 Å². The lowest BCUT2D eigenvalue weighted by molar-refractivity contribution is 0.278. The first-order valence-electron chi connectivity index (χ1n) is 9.22. The van der Waals surface area contributed by atoms with Crippen LogP contribution in [0.1, 0.15) is 29.0 Å². The van der Waals surface area contributed by atoms with E-state index in [1.54, 1.807) is 18.2 Å². The first-order chi connectivity index (χ1) is 14.2. The fourth-order valence-corrected chi connectivity index (χ4v) is 5.52. The predicted molar refractivity (Wildman–Crippen MR) is 117 cm³/mol. The zero-order chi connectivity index (χ0) is 21.9. The molecular weight excluding hydrogens is 470 g/mol. The van der Waals surface area contributed by atoms with Crippen LogP contribution in [0.3, 0.4) is 0 Å². The van der Waals surface area contributed by atoms with Crippen molar-refractivity contribution in [1.29, 1.82) is 0 Å². The Bertz CT molecular complexity index is 1050. The van der Waals surface area contributed by atoms with Gasteiger partial charge >= 0.3 is 8.25 Å². The van der Waals surface area contributed by atoms with Gasteiger partial charge in [0.25, 0.3) is 0 Å². The summed E-state index contributed by atoms with van der Waals surface area (Å²) in [6.07, 6.45) is 0.276. The Morgan fingerprint density at radius 2 is 2.07 bits per heavy atom. The van der Waals surface area contributed by atoms with E-state index in [2.05, 4.69) is 14.1 Å². The summed E-state index contributed by atoms with van der Waals surface area (Å²) in [4.78, 5) is 10.9. The molecule has 2 aromatic carbocycles. The van der Waals surface area contributed by atoms with Crippen molar-refractivity contribution in [1.82, 2.24) is 9.62 Å². The second-order valence-corrected chi connectivity index (χ2v) is 10.4. The molecule has 0 amide bonds. The van der Waals surface area contributed by atoms with Crippen molar-refractivity contribution >= 4 is 41.5 Å². The molecule has 30 heavy (non-hydrogen) atoms. The molecule has 2 unspecified atom stereocenters. The average molecular weight is 492 g/mol. The Hall–Kier alpha value is -1.09. The summed E-state index contributed by atoms with van der Waals surface area (Å²) in [6, 6.07) is 10.4. The number of nitrogens with one attached hydrogen (secondary N) is 1. The van der Waals surface area contributed by atoms with Gasteiger partial charge in [0, 0.05) is 40.2 Å². The second-order valence-electron chi connectivity index (χ2n) is 7.10. The minimum absolute atomic E-state index is 0.0129. The molecule has 0 saturated heterocycles. The molecule has 1 aliphatic rings. The van der Waals surface area contributed by atoms with Crippen molar-refractivity contribution in [2.24, 2.45) is 0 Å². The lowest BCUT2D eigenvalue weighted by Gasteiger charge is -2.33. The molecule has 0 bridgehead atoms. The van der Waals surface area contributed by atoms with Gasteiger partial charge < -0.3 is 4.90 Å². The van der Waals surface area contributed by atoms with Crippen LogP contribution in [0.15, 0.2) is 41.3 Å². The Morgan fingerprint density at radius 1 is 1.30 bits per heavy atom. The number of benzene rings is 2. The third-order valence-corrected chi connectivity index (χ3v) is 7.30. The molecule has 2 aromatic rings. The first-order valence-corrected chi connectivity index (χ1v) is 12.6. The fraction of sp³-hybridized carbons (Fsp3) is 0.368. The van der Waals surface area contributed by atoms with Gasteiger partial charge in [-0.3, -0.25) is 0 Å². The minimum atomic E-state index is -3.74. The molecule has 0 aromatic heterocycles. The molecule has 7 nitrogen and oxygen atoms in total. The van der Waals surface area contributed by atoms with Gasteiger partial charge in [-0.1, -0.05) is 35.3 Å². The molecule has 11 heteroatoms. The zero-order valence-corrected chi connectivity index (χ0v) is 19.4. The van der Waals surface area contributed by atoms with Crippen LogP contribution in [0.4, 0.5) is 0 Å². The third-order valence-electron chi connectivity index (χ3n) is 4.88. The van der Waals surface area contributed by atoms with E-state index >= 15 is 0 Å². The van der Waals surface area contributed by atoms with Crippen molar-refractivity contribution in [2.45, 2.75) is 23.8 Å². The SMILES string of the molecule is CN1Cc2c(Cl)cc(Cl)cc2C(c2cccc(S(=O)(=O)NCCCO[P+](=O)O)c2)C1. The molecule has 3 rings (SSSR count). The largest absolute Gasteiger partial charge is 0.694 e. The van der Waals surface area contributed by atoms with Crippen LogP contribution >= 0.6 is 31.5 Å². The Morgan fingerprint density at radius 3 is 2.80 bits per heavy atom. The zero-order valence-electron chi connectivity index (χ0n) is 16.2. The molecule has 2 N–H and O–H groups in total. The van der Waals surface area contributed by atoms with E-state index < -0.39 is 18.3 Å². The number of hydrogen-bond acceptors (Lipinski definition) is 5. The number of fused-ring (bicyclic) bond motifs is 1. The summed E-state index contributed by atoms with van der Waals surface area (Å²) in [6.45, 7) is 1.48. The molecule has 2 atom stereocenters. The van der Waals surface area contributed by atoms with E-state index in [1.165, 1.54) is 6.07 Å². The predicted octanol–water partition coefficient (Wildman–Crippen LogP) is 3.91. The van der Waals surface area contributed by atoms with E-state index in [4.69, 9.17) is 28.1 Å². The summed E-state index contributed by atoms with van der Waals surface area (Å²) in [5, 5.41) is 1.15. The Kier molecular flexibility index (Phi) is 7.87. The Labute approximate surface area is 187 Å². The molecule has 162 valence electrons. The summed E-state index contributed by atoms with van der Waals surface area (Å²) in [7, 11) is -4.43. The smallest absolute Gasteiger partial charge is 0.301 e. The quantitative estimate of drug-likeness (QED) is 0.429. The van der Waals surface area contributed by atoms with Crippen LogP contribution in [0.5, 0.6) is 0 Å². The molecule has 0 saturated carbocycles. The van der Waals surface area contributed by atoms with Crippen LogP contribution in [0.2, 0.25) is 10.0 Å². The fourth-order valence-electron chi connectivity index (χ4n) is 3.53.